The molecule has 7 heteroatoms. The minimum atomic E-state index is -0.239. The fourth-order valence-corrected chi connectivity index (χ4v) is 2.68. The number of rotatable bonds is 4. The van der Waals surface area contributed by atoms with Crippen LogP contribution in [0.2, 0.25) is 0 Å². The van der Waals surface area contributed by atoms with E-state index in [9.17, 15) is 4.79 Å². The summed E-state index contributed by atoms with van der Waals surface area (Å²) in [6.45, 7) is 1.87. The maximum atomic E-state index is 12.2. The molecule has 3 heterocycles. The molecule has 0 spiro atoms. The molecule has 23 heavy (non-hydrogen) atoms. The molecule has 3 aromatic heterocycles. The van der Waals surface area contributed by atoms with Crippen LogP contribution in [0.3, 0.4) is 0 Å². The average molecular weight is 326 g/mol. The van der Waals surface area contributed by atoms with Crippen LogP contribution in [0.1, 0.15) is 16.1 Å². The van der Waals surface area contributed by atoms with E-state index in [1.165, 1.54) is 11.3 Å². The van der Waals surface area contributed by atoms with Crippen molar-refractivity contribution in [1.82, 2.24) is 15.0 Å². The first-order chi connectivity index (χ1) is 11.2. The predicted octanol–water partition coefficient (Wildman–Crippen LogP) is 3.17. The third-order valence-corrected chi connectivity index (χ3v) is 3.90. The summed E-state index contributed by atoms with van der Waals surface area (Å²) in [7, 11) is 1.56. The number of nitrogens with zero attached hydrogens (tertiary/aromatic N) is 3. The summed E-state index contributed by atoms with van der Waals surface area (Å²) in [5.41, 5.74) is 2.84. The number of pyridine rings is 2. The van der Waals surface area contributed by atoms with Gasteiger partial charge in [0.1, 0.15) is 0 Å². The van der Waals surface area contributed by atoms with E-state index in [0.717, 1.165) is 11.3 Å². The van der Waals surface area contributed by atoms with Gasteiger partial charge in [-0.1, -0.05) is 0 Å². The summed E-state index contributed by atoms with van der Waals surface area (Å²) < 4.78 is 5.23. The maximum Gasteiger partial charge on any atom is 0.259 e. The first kappa shape index (κ1) is 15.1. The molecule has 0 saturated heterocycles. The number of carbonyl (C=O) groups is 1. The van der Waals surface area contributed by atoms with Gasteiger partial charge in [0.2, 0.25) is 5.88 Å². The van der Waals surface area contributed by atoms with Crippen molar-refractivity contribution >= 4 is 22.4 Å². The van der Waals surface area contributed by atoms with Crippen molar-refractivity contribution in [3.63, 3.8) is 0 Å². The quantitative estimate of drug-likeness (QED) is 0.797. The second kappa shape index (κ2) is 6.53. The van der Waals surface area contributed by atoms with Crippen molar-refractivity contribution in [2.45, 2.75) is 6.92 Å². The van der Waals surface area contributed by atoms with Gasteiger partial charge < -0.3 is 4.74 Å². The molecule has 3 aromatic rings. The zero-order valence-corrected chi connectivity index (χ0v) is 13.4. The number of amides is 1. The van der Waals surface area contributed by atoms with Crippen molar-refractivity contribution in [1.29, 1.82) is 0 Å². The summed E-state index contributed by atoms with van der Waals surface area (Å²) in [4.78, 5) is 24.9. The number of ether oxygens (including phenoxy) is 1. The zero-order valence-electron chi connectivity index (χ0n) is 12.6. The average Bonchev–Trinajstić information content (AvgIpc) is 3.03. The van der Waals surface area contributed by atoms with E-state index >= 15 is 0 Å². The molecule has 0 aliphatic heterocycles. The van der Waals surface area contributed by atoms with Gasteiger partial charge in [0.15, 0.2) is 5.13 Å². The highest BCUT2D eigenvalue weighted by atomic mass is 32.1. The molecule has 0 fully saturated rings. The summed E-state index contributed by atoms with van der Waals surface area (Å²) in [5, 5.41) is 5.13. The Hall–Kier alpha value is -2.80. The third kappa shape index (κ3) is 3.35. The minimum absolute atomic E-state index is 0.239. The first-order valence-electron chi connectivity index (χ1n) is 6.86. The Bertz CT molecular complexity index is 830. The molecule has 1 N–H and O–H groups in total. The van der Waals surface area contributed by atoms with Crippen LogP contribution in [0.4, 0.5) is 5.13 Å². The highest BCUT2D eigenvalue weighted by Crippen LogP contribution is 2.30. The van der Waals surface area contributed by atoms with Crippen molar-refractivity contribution in [3.8, 4) is 17.1 Å². The van der Waals surface area contributed by atoms with Gasteiger partial charge in [-0.3, -0.25) is 15.1 Å². The summed E-state index contributed by atoms with van der Waals surface area (Å²) in [6, 6.07) is 7.21. The summed E-state index contributed by atoms with van der Waals surface area (Å²) in [5.74, 6) is 0.259. The normalized spacial score (nSPS) is 10.3. The van der Waals surface area contributed by atoms with E-state index in [-0.39, 0.29) is 5.91 Å². The van der Waals surface area contributed by atoms with E-state index in [1.54, 1.807) is 31.6 Å². The molecule has 0 saturated carbocycles. The molecule has 0 unspecified atom stereocenters. The summed E-state index contributed by atoms with van der Waals surface area (Å²) in [6.07, 6.45) is 3.20. The molecule has 0 bridgehead atoms. The number of nitrogens with one attached hydrogen (secondary N) is 1. The van der Waals surface area contributed by atoms with Crippen LogP contribution >= 0.6 is 11.3 Å². The number of aromatic nitrogens is 3. The lowest BCUT2D eigenvalue weighted by Crippen LogP contribution is -2.12. The zero-order chi connectivity index (χ0) is 16.2. The number of hydrogen-bond acceptors (Lipinski definition) is 6. The van der Waals surface area contributed by atoms with E-state index in [4.69, 9.17) is 4.74 Å². The van der Waals surface area contributed by atoms with Gasteiger partial charge in [-0.2, -0.15) is 0 Å². The smallest absolute Gasteiger partial charge is 0.259 e. The Morgan fingerprint density at radius 3 is 2.87 bits per heavy atom. The fourth-order valence-electron chi connectivity index (χ4n) is 1.97. The van der Waals surface area contributed by atoms with Crippen molar-refractivity contribution < 1.29 is 9.53 Å². The number of methoxy groups -OCH3 is 1. The SMILES string of the molecule is COc1ncccc1-c1csc(NC(=O)c2ccc(C)nc2)n1. The van der Waals surface area contributed by atoms with Crippen LogP contribution in [0.5, 0.6) is 5.88 Å². The lowest BCUT2D eigenvalue weighted by Gasteiger charge is -2.04. The number of anilines is 1. The maximum absolute atomic E-state index is 12.2. The van der Waals surface area contributed by atoms with Crippen molar-refractivity contribution in [2.24, 2.45) is 0 Å². The second-order valence-corrected chi connectivity index (χ2v) is 5.60. The van der Waals surface area contributed by atoms with Crippen molar-refractivity contribution in [2.75, 3.05) is 12.4 Å². The number of carbonyl (C=O) groups excluding carboxylic acids is 1. The Kier molecular flexibility index (Phi) is 4.29. The number of aryl methyl sites for hydroxylation is 1. The highest BCUT2D eigenvalue weighted by molar-refractivity contribution is 7.14. The van der Waals surface area contributed by atoms with Crippen LogP contribution in [-0.4, -0.2) is 28.0 Å². The largest absolute Gasteiger partial charge is 0.481 e. The van der Waals surface area contributed by atoms with Gasteiger partial charge in [0, 0.05) is 23.5 Å². The topological polar surface area (TPSA) is 77.0 Å². The molecule has 6 nitrogen and oxygen atoms in total. The second-order valence-electron chi connectivity index (χ2n) is 4.74. The molecule has 0 atom stereocenters. The van der Waals surface area contributed by atoms with Crippen LogP contribution in [0.15, 0.2) is 42.0 Å². The minimum Gasteiger partial charge on any atom is -0.481 e. The lowest BCUT2D eigenvalue weighted by atomic mass is 10.2. The van der Waals surface area contributed by atoms with Gasteiger partial charge >= 0.3 is 0 Å². The van der Waals surface area contributed by atoms with Gasteiger partial charge in [0.25, 0.3) is 5.91 Å². The molecule has 116 valence electrons. The van der Waals surface area contributed by atoms with E-state index in [2.05, 4.69) is 20.3 Å². The molecular weight excluding hydrogens is 312 g/mol. The van der Waals surface area contributed by atoms with Crippen molar-refractivity contribution in [3.05, 3.63) is 53.3 Å². The molecule has 3 rings (SSSR count). The van der Waals surface area contributed by atoms with Crippen LogP contribution in [0.25, 0.3) is 11.3 Å². The Morgan fingerprint density at radius 1 is 1.26 bits per heavy atom. The molecule has 0 aliphatic rings. The Labute approximate surface area is 137 Å². The number of thiazole rings is 1. The van der Waals surface area contributed by atoms with E-state index in [1.807, 2.05) is 24.4 Å². The van der Waals surface area contributed by atoms with Crippen LogP contribution in [0, 0.1) is 6.92 Å². The molecule has 0 aromatic carbocycles. The Balaban J connectivity index is 1.79. The predicted molar refractivity (Wildman–Crippen MR) is 88.8 cm³/mol. The molecular formula is C16H14N4O2S. The molecule has 0 aliphatic carbocycles. The standard InChI is InChI=1S/C16H14N4O2S/c1-10-5-6-11(8-18-10)14(21)20-16-19-13(9-23-16)12-4-3-7-17-15(12)22-2/h3-9H,1-2H3,(H,19,20,21). The van der Waals surface area contributed by atoms with E-state index in [0.29, 0.717) is 22.3 Å². The third-order valence-electron chi connectivity index (χ3n) is 3.14. The van der Waals surface area contributed by atoms with Gasteiger partial charge in [-0.05, 0) is 31.2 Å². The number of hydrogen-bond donors (Lipinski definition) is 1. The molecule has 1 amide bonds. The van der Waals surface area contributed by atoms with E-state index < -0.39 is 0 Å². The highest BCUT2D eigenvalue weighted by Gasteiger charge is 2.13. The summed E-state index contributed by atoms with van der Waals surface area (Å²) >= 11 is 1.34. The van der Waals surface area contributed by atoms with Gasteiger partial charge in [0.05, 0.1) is 23.9 Å². The fraction of sp³-hybridized carbons (Fsp3) is 0.125. The monoisotopic (exact) mass is 326 g/mol. The van der Waals surface area contributed by atoms with Gasteiger partial charge in [-0.25, -0.2) is 9.97 Å². The Morgan fingerprint density at radius 2 is 2.13 bits per heavy atom. The molecule has 0 radical (unpaired) electrons. The lowest BCUT2D eigenvalue weighted by molar-refractivity contribution is 0.102. The van der Waals surface area contributed by atoms with Gasteiger partial charge in [-0.15, -0.1) is 11.3 Å². The first-order valence-corrected chi connectivity index (χ1v) is 7.74. The van der Waals surface area contributed by atoms with Crippen LogP contribution in [-0.2, 0) is 0 Å². The van der Waals surface area contributed by atoms with Crippen LogP contribution < -0.4 is 10.1 Å².